The van der Waals surface area contributed by atoms with Gasteiger partial charge < -0.3 is 40.9 Å². The molecule has 60 heavy (non-hydrogen) atoms. The lowest BCUT2D eigenvalue weighted by Crippen LogP contribution is -2.48. The van der Waals surface area contributed by atoms with Crippen LogP contribution in [0.2, 0.25) is 0 Å². The van der Waals surface area contributed by atoms with E-state index in [1.54, 1.807) is 121 Å². The van der Waals surface area contributed by atoms with Crippen molar-refractivity contribution in [3.63, 3.8) is 0 Å². The molecule has 312 valence electrons. The number of carboxylic acids is 2. The van der Waals surface area contributed by atoms with E-state index in [-0.39, 0.29) is 12.4 Å². The van der Waals surface area contributed by atoms with Gasteiger partial charge in [-0.05, 0) is 40.3 Å². The molecule has 0 amide bonds. The van der Waals surface area contributed by atoms with Gasteiger partial charge in [-0.2, -0.15) is 0 Å². The third kappa shape index (κ3) is 9.75. The predicted molar refractivity (Wildman–Crippen MR) is 226 cm³/mol. The van der Waals surface area contributed by atoms with Crippen LogP contribution < -0.4 is 0 Å². The maximum absolute atomic E-state index is 11.7. The molecule has 0 aromatic heterocycles. The highest BCUT2D eigenvalue weighted by molar-refractivity contribution is 5.83. The second-order valence-corrected chi connectivity index (χ2v) is 14.1. The molecular weight excluding hydrogens is 765 g/mol. The van der Waals surface area contributed by atoms with Gasteiger partial charge >= 0.3 is 11.9 Å². The summed E-state index contributed by atoms with van der Waals surface area (Å²) in [4.78, 5) is 34.3. The smallest absolute Gasteiger partial charge is 0.333 e. The number of hydrogen-bond acceptors (Lipinski definition) is 9. The molecule has 0 fully saturated rings. The monoisotopic (exact) mass is 814 g/mol. The molecule has 0 aliphatic carbocycles. The normalized spacial score (nSPS) is 12.9. The minimum Gasteiger partial charge on any atom is -0.479 e. The molecule has 0 bridgehead atoms. The van der Waals surface area contributed by atoms with Gasteiger partial charge in [0.2, 0.25) is 0 Å². The SMILES string of the molecule is CC(=O)[C@@H](O)C(CO)(c1ccccc1)c1ccccc1.O=C(O)C(O)C(CO)(c1ccccc1)c1ccccc1.O=C(O)[C@@H](O)C(CO)(c1ccccc1)c1ccccc1. The first kappa shape index (κ1) is 46.4. The van der Waals surface area contributed by atoms with E-state index in [0.717, 1.165) is 11.1 Å². The number of carbonyl (C=O) groups is 3. The average Bonchev–Trinajstić information content (AvgIpc) is 3.30. The first-order valence-electron chi connectivity index (χ1n) is 19.0. The molecule has 3 atom stereocenters. The molecule has 11 nitrogen and oxygen atoms in total. The average molecular weight is 815 g/mol. The lowest BCUT2D eigenvalue weighted by Gasteiger charge is -2.36. The number of hydrogen-bond donors (Lipinski definition) is 8. The highest BCUT2D eigenvalue weighted by Gasteiger charge is 2.46. The number of rotatable bonds is 15. The van der Waals surface area contributed by atoms with Crippen molar-refractivity contribution >= 4 is 17.7 Å². The Hall–Kier alpha value is -6.31. The first-order chi connectivity index (χ1) is 28.9. The molecule has 8 N–H and O–H groups in total. The molecule has 0 aliphatic rings. The van der Waals surface area contributed by atoms with E-state index in [1.165, 1.54) is 6.92 Å². The van der Waals surface area contributed by atoms with Crippen LogP contribution in [0, 0.1) is 0 Å². The van der Waals surface area contributed by atoms with Crippen LogP contribution in [-0.2, 0) is 30.6 Å². The third-order valence-electron chi connectivity index (χ3n) is 10.7. The Balaban J connectivity index is 0.000000198. The number of carbonyl (C=O) groups excluding carboxylic acids is 1. The van der Waals surface area contributed by atoms with Crippen molar-refractivity contribution in [2.24, 2.45) is 0 Å². The van der Waals surface area contributed by atoms with E-state index in [2.05, 4.69) is 0 Å². The van der Waals surface area contributed by atoms with E-state index in [9.17, 15) is 55.2 Å². The fraction of sp³-hybridized carbons (Fsp3) is 0.204. The number of ketones is 1. The Kier molecular flexibility index (Phi) is 16.7. The van der Waals surface area contributed by atoms with Crippen molar-refractivity contribution in [3.8, 4) is 0 Å². The summed E-state index contributed by atoms with van der Waals surface area (Å²) >= 11 is 0. The highest BCUT2D eigenvalue weighted by atomic mass is 16.4. The summed E-state index contributed by atoms with van der Waals surface area (Å²) in [6.07, 6.45) is -4.77. The maximum atomic E-state index is 11.7. The van der Waals surface area contributed by atoms with Crippen molar-refractivity contribution in [1.82, 2.24) is 0 Å². The quantitative estimate of drug-likeness (QED) is 0.0710. The molecule has 0 spiro atoms. The zero-order chi connectivity index (χ0) is 43.8. The van der Waals surface area contributed by atoms with Gasteiger partial charge in [-0.3, -0.25) is 4.79 Å². The van der Waals surface area contributed by atoms with E-state index in [0.29, 0.717) is 22.3 Å². The van der Waals surface area contributed by atoms with Crippen LogP contribution >= 0.6 is 0 Å². The Labute approximate surface area is 348 Å². The molecular formula is C49H50O11. The van der Waals surface area contributed by atoms with E-state index in [4.69, 9.17) is 0 Å². The standard InChI is InChI=1S/C17H18O3.2C16H16O4/c1-13(19)16(20)17(12-18,14-8-4-2-5-9-14)15-10-6-3-7-11-15;2*17-11-16(14(18)15(19)20,12-7-3-1-4-8-12)13-9-5-2-6-10-13/h2-11,16,18,20H,12H2,1H3;2*1-10,14,17-18H,11H2,(H,19,20)/t16-;14-;/m11./s1. The van der Waals surface area contributed by atoms with Crippen molar-refractivity contribution in [3.05, 3.63) is 215 Å². The van der Waals surface area contributed by atoms with Crippen LogP contribution in [0.5, 0.6) is 0 Å². The zero-order valence-electron chi connectivity index (χ0n) is 33.0. The number of carboxylic acid groups (broad SMARTS) is 2. The van der Waals surface area contributed by atoms with Crippen molar-refractivity contribution in [2.45, 2.75) is 41.5 Å². The van der Waals surface area contributed by atoms with Gasteiger partial charge in [-0.15, -0.1) is 0 Å². The maximum Gasteiger partial charge on any atom is 0.333 e. The Morgan fingerprint density at radius 2 is 0.533 bits per heavy atom. The molecule has 0 heterocycles. The second kappa shape index (κ2) is 21.6. The Morgan fingerprint density at radius 3 is 0.667 bits per heavy atom. The van der Waals surface area contributed by atoms with Gasteiger partial charge in [0, 0.05) is 0 Å². The lowest BCUT2D eigenvalue weighted by molar-refractivity contribution is -0.151. The van der Waals surface area contributed by atoms with Crippen molar-refractivity contribution < 1.29 is 55.2 Å². The van der Waals surface area contributed by atoms with E-state index < -0.39 is 59.7 Å². The van der Waals surface area contributed by atoms with Gasteiger partial charge in [0.05, 0.1) is 36.1 Å². The number of aliphatic hydroxyl groups is 6. The van der Waals surface area contributed by atoms with Crippen molar-refractivity contribution in [1.29, 1.82) is 0 Å². The molecule has 0 saturated heterocycles. The van der Waals surface area contributed by atoms with Gasteiger partial charge in [0.25, 0.3) is 0 Å². The number of aliphatic carboxylic acids is 2. The van der Waals surface area contributed by atoms with Crippen LogP contribution in [0.1, 0.15) is 40.3 Å². The highest BCUT2D eigenvalue weighted by Crippen LogP contribution is 2.38. The minimum absolute atomic E-state index is 0.345. The topological polar surface area (TPSA) is 213 Å². The molecule has 0 radical (unpaired) electrons. The van der Waals surface area contributed by atoms with Crippen LogP contribution in [-0.4, -0.2) is 96.7 Å². The summed E-state index contributed by atoms with van der Waals surface area (Å²) in [5.41, 5.74) is -0.218. The summed E-state index contributed by atoms with van der Waals surface area (Å²) in [5, 5.41) is 79.0. The van der Waals surface area contributed by atoms with Crippen LogP contribution in [0.3, 0.4) is 0 Å². The molecule has 6 aromatic carbocycles. The fourth-order valence-corrected chi connectivity index (χ4v) is 7.44. The molecule has 0 saturated carbocycles. The Morgan fingerprint density at radius 1 is 0.367 bits per heavy atom. The summed E-state index contributed by atoms with van der Waals surface area (Å²) in [7, 11) is 0. The van der Waals surface area contributed by atoms with Crippen LogP contribution in [0.15, 0.2) is 182 Å². The van der Waals surface area contributed by atoms with Gasteiger partial charge in [-0.25, -0.2) is 9.59 Å². The number of aliphatic hydroxyl groups excluding tert-OH is 6. The molecule has 11 heteroatoms. The molecule has 1 unspecified atom stereocenters. The van der Waals surface area contributed by atoms with Crippen molar-refractivity contribution in [2.75, 3.05) is 19.8 Å². The number of Topliss-reactive ketones (excluding diaryl/α,β-unsaturated/α-hetero) is 1. The second-order valence-electron chi connectivity index (χ2n) is 14.1. The predicted octanol–water partition coefficient (Wildman–Crippen LogP) is 4.74. The minimum atomic E-state index is -1.74. The van der Waals surface area contributed by atoms with E-state index >= 15 is 0 Å². The largest absolute Gasteiger partial charge is 0.479 e. The molecule has 0 aliphatic heterocycles. The van der Waals surface area contributed by atoms with Gasteiger partial charge in [0.15, 0.2) is 18.0 Å². The van der Waals surface area contributed by atoms with E-state index in [1.807, 2.05) is 60.7 Å². The summed E-state index contributed by atoms with van der Waals surface area (Å²) in [6, 6.07) is 53.1. The third-order valence-corrected chi connectivity index (χ3v) is 10.7. The van der Waals surface area contributed by atoms with Crippen LogP contribution in [0.4, 0.5) is 0 Å². The zero-order valence-corrected chi connectivity index (χ0v) is 33.0. The molecule has 6 rings (SSSR count). The number of benzene rings is 6. The molecule has 6 aromatic rings. The first-order valence-corrected chi connectivity index (χ1v) is 19.0. The van der Waals surface area contributed by atoms with Gasteiger partial charge in [-0.1, -0.05) is 182 Å². The fourth-order valence-electron chi connectivity index (χ4n) is 7.44. The summed E-state index contributed by atoms with van der Waals surface area (Å²) in [5.74, 6) is -3.11. The van der Waals surface area contributed by atoms with Crippen LogP contribution in [0.25, 0.3) is 0 Å². The Bertz CT molecular complexity index is 1830. The lowest BCUT2D eigenvalue weighted by atomic mass is 9.70. The summed E-state index contributed by atoms with van der Waals surface area (Å²) in [6.45, 7) is -0.0221. The summed E-state index contributed by atoms with van der Waals surface area (Å²) < 4.78 is 0. The van der Waals surface area contributed by atoms with Gasteiger partial charge in [0.1, 0.15) is 6.10 Å².